The Bertz CT molecular complexity index is 1440. The van der Waals surface area contributed by atoms with Crippen LogP contribution in [0.1, 0.15) is 37.5 Å². The molecule has 1 N–H and O–H groups in total. The SMILES string of the molecule is CCOc1cc(COc2c(Br)cc(/C=C3/SC(NC(C)=O)=NC3=O)cc2OCC)ccc1OCc1ccccc1. The molecule has 0 saturated heterocycles. The van der Waals surface area contributed by atoms with Crippen molar-refractivity contribution in [2.45, 2.75) is 34.0 Å². The first-order chi connectivity index (χ1) is 19.4. The van der Waals surface area contributed by atoms with Gasteiger partial charge in [-0.1, -0.05) is 36.4 Å². The highest BCUT2D eigenvalue weighted by molar-refractivity contribution is 9.10. The first-order valence-corrected chi connectivity index (χ1v) is 14.3. The van der Waals surface area contributed by atoms with Crippen molar-refractivity contribution in [3.63, 3.8) is 0 Å². The maximum absolute atomic E-state index is 12.3. The zero-order valence-corrected chi connectivity index (χ0v) is 24.8. The molecule has 3 aromatic carbocycles. The molecule has 2 amide bonds. The van der Waals surface area contributed by atoms with Gasteiger partial charge in [0.1, 0.15) is 13.2 Å². The van der Waals surface area contributed by atoms with Gasteiger partial charge in [-0.2, -0.15) is 4.99 Å². The maximum Gasteiger partial charge on any atom is 0.286 e. The standard InChI is InChI=1S/C30H29BrN2O6S/c1-4-36-25-14-21(11-12-24(25)38-17-20-9-7-6-8-10-20)18-39-28-23(31)13-22(15-26(28)37-5-2)16-27-29(35)33-30(40-27)32-19(3)34/h6-16H,4-5,17-18H2,1-3H3,(H,32,33,34,35)/b27-16+. The van der Waals surface area contributed by atoms with E-state index in [-0.39, 0.29) is 17.7 Å². The summed E-state index contributed by atoms with van der Waals surface area (Å²) in [5, 5.41) is 2.80. The van der Waals surface area contributed by atoms with E-state index in [2.05, 4.69) is 26.2 Å². The van der Waals surface area contributed by atoms with Gasteiger partial charge in [0.2, 0.25) is 5.91 Å². The van der Waals surface area contributed by atoms with Crippen LogP contribution in [0.15, 0.2) is 75.0 Å². The molecule has 0 atom stereocenters. The molecule has 8 nitrogen and oxygen atoms in total. The van der Waals surface area contributed by atoms with Gasteiger partial charge in [-0.05, 0) is 88.6 Å². The van der Waals surface area contributed by atoms with Crippen molar-refractivity contribution in [2.75, 3.05) is 13.2 Å². The molecule has 0 unspecified atom stereocenters. The summed E-state index contributed by atoms with van der Waals surface area (Å²) in [7, 11) is 0. The largest absolute Gasteiger partial charge is 0.490 e. The Hall–Kier alpha value is -3.76. The van der Waals surface area contributed by atoms with E-state index in [1.54, 1.807) is 12.1 Å². The Labute approximate surface area is 245 Å². The minimum Gasteiger partial charge on any atom is -0.490 e. The van der Waals surface area contributed by atoms with E-state index in [1.807, 2.05) is 68.4 Å². The summed E-state index contributed by atoms with van der Waals surface area (Å²) in [5.41, 5.74) is 2.68. The zero-order chi connectivity index (χ0) is 28.5. The van der Waals surface area contributed by atoms with Gasteiger partial charge in [-0.3, -0.25) is 9.59 Å². The number of halogens is 1. The lowest BCUT2D eigenvalue weighted by molar-refractivity contribution is -0.117. The third-order valence-corrected chi connectivity index (χ3v) is 6.95. The highest BCUT2D eigenvalue weighted by Gasteiger charge is 2.23. The molecule has 4 rings (SSSR count). The topological polar surface area (TPSA) is 95.5 Å². The Kier molecular flexibility index (Phi) is 10.3. The molecular formula is C30H29BrN2O6S. The molecular weight excluding hydrogens is 596 g/mol. The zero-order valence-electron chi connectivity index (χ0n) is 22.4. The van der Waals surface area contributed by atoms with Gasteiger partial charge in [0.15, 0.2) is 28.2 Å². The second kappa shape index (κ2) is 14.0. The molecule has 40 heavy (non-hydrogen) atoms. The number of thioether (sulfide) groups is 1. The van der Waals surface area contributed by atoms with Crippen molar-refractivity contribution < 1.29 is 28.5 Å². The highest BCUT2D eigenvalue weighted by atomic mass is 79.9. The molecule has 3 aromatic rings. The summed E-state index contributed by atoms with van der Waals surface area (Å²) in [6.07, 6.45) is 1.70. The molecule has 1 aliphatic rings. The van der Waals surface area contributed by atoms with Crippen LogP contribution in [0.25, 0.3) is 6.08 Å². The van der Waals surface area contributed by atoms with E-state index in [1.165, 1.54) is 6.92 Å². The quantitative estimate of drug-likeness (QED) is 0.243. The predicted octanol–water partition coefficient (Wildman–Crippen LogP) is 6.51. The summed E-state index contributed by atoms with van der Waals surface area (Å²) in [5.74, 6) is 1.66. The second-order valence-corrected chi connectivity index (χ2v) is 10.4. The molecule has 0 saturated carbocycles. The van der Waals surface area contributed by atoms with Gasteiger partial charge < -0.3 is 24.3 Å². The van der Waals surface area contributed by atoms with Crippen molar-refractivity contribution in [1.82, 2.24) is 5.32 Å². The van der Waals surface area contributed by atoms with Gasteiger partial charge in [0.25, 0.3) is 5.91 Å². The van der Waals surface area contributed by atoms with Gasteiger partial charge in [-0.15, -0.1) is 0 Å². The van der Waals surface area contributed by atoms with Crippen LogP contribution in [0, 0.1) is 0 Å². The third-order valence-electron chi connectivity index (χ3n) is 5.46. The number of amidine groups is 1. The van der Waals surface area contributed by atoms with Gasteiger partial charge >= 0.3 is 0 Å². The number of ether oxygens (including phenoxy) is 4. The van der Waals surface area contributed by atoms with E-state index in [0.29, 0.717) is 52.2 Å². The molecule has 0 fully saturated rings. The third kappa shape index (κ3) is 7.89. The van der Waals surface area contributed by atoms with Crippen molar-refractivity contribution in [3.8, 4) is 23.0 Å². The van der Waals surface area contributed by atoms with E-state index >= 15 is 0 Å². The van der Waals surface area contributed by atoms with Crippen molar-refractivity contribution in [3.05, 3.63) is 86.7 Å². The fourth-order valence-electron chi connectivity index (χ4n) is 3.76. The summed E-state index contributed by atoms with van der Waals surface area (Å²) in [6, 6.07) is 19.3. The Balaban J connectivity index is 1.49. The molecule has 0 spiro atoms. The number of rotatable bonds is 11. The lowest BCUT2D eigenvalue weighted by Gasteiger charge is -2.16. The number of nitrogens with zero attached hydrogens (tertiary/aromatic N) is 1. The summed E-state index contributed by atoms with van der Waals surface area (Å²) >= 11 is 4.70. The number of nitrogens with one attached hydrogen (secondary N) is 1. The van der Waals surface area contributed by atoms with Crippen LogP contribution in [0.5, 0.6) is 23.0 Å². The molecule has 1 aliphatic heterocycles. The molecule has 1 heterocycles. The normalized spacial score (nSPS) is 13.7. The monoisotopic (exact) mass is 624 g/mol. The molecule has 0 radical (unpaired) electrons. The van der Waals surface area contributed by atoms with E-state index in [9.17, 15) is 9.59 Å². The Morgan fingerprint density at radius 2 is 1.62 bits per heavy atom. The average molecular weight is 626 g/mol. The van der Waals surface area contributed by atoms with E-state index in [0.717, 1.165) is 28.5 Å². The number of aliphatic imine (C=N–C) groups is 1. The molecule has 0 aromatic heterocycles. The predicted molar refractivity (Wildman–Crippen MR) is 160 cm³/mol. The molecule has 0 aliphatic carbocycles. The number of benzene rings is 3. The number of carbonyl (C=O) groups is 2. The number of amides is 2. The smallest absolute Gasteiger partial charge is 0.286 e. The first-order valence-electron chi connectivity index (χ1n) is 12.7. The van der Waals surface area contributed by atoms with Crippen molar-refractivity contribution in [2.24, 2.45) is 4.99 Å². The Morgan fingerprint density at radius 3 is 2.35 bits per heavy atom. The van der Waals surface area contributed by atoms with Crippen LogP contribution in [0.4, 0.5) is 0 Å². The minimum absolute atomic E-state index is 0.260. The lowest BCUT2D eigenvalue weighted by Crippen LogP contribution is -2.23. The van der Waals surface area contributed by atoms with Gasteiger partial charge in [0.05, 0.1) is 22.6 Å². The molecule has 10 heteroatoms. The van der Waals surface area contributed by atoms with Crippen LogP contribution < -0.4 is 24.3 Å². The second-order valence-electron chi connectivity index (χ2n) is 8.55. The van der Waals surface area contributed by atoms with Crippen LogP contribution in [0.3, 0.4) is 0 Å². The number of hydrogen-bond acceptors (Lipinski definition) is 7. The van der Waals surface area contributed by atoms with E-state index in [4.69, 9.17) is 18.9 Å². The van der Waals surface area contributed by atoms with Gasteiger partial charge in [0, 0.05) is 6.92 Å². The van der Waals surface area contributed by atoms with Crippen LogP contribution in [0.2, 0.25) is 0 Å². The van der Waals surface area contributed by atoms with Crippen LogP contribution in [-0.4, -0.2) is 30.2 Å². The fourth-order valence-corrected chi connectivity index (χ4v) is 5.19. The number of carbonyl (C=O) groups excluding carboxylic acids is 2. The highest BCUT2D eigenvalue weighted by Crippen LogP contribution is 2.39. The fraction of sp³-hybridized carbons (Fsp3) is 0.233. The summed E-state index contributed by atoms with van der Waals surface area (Å²) < 4.78 is 24.6. The Morgan fingerprint density at radius 1 is 0.900 bits per heavy atom. The summed E-state index contributed by atoms with van der Waals surface area (Å²) in [6.45, 7) is 6.81. The van der Waals surface area contributed by atoms with E-state index < -0.39 is 5.91 Å². The van der Waals surface area contributed by atoms with Crippen LogP contribution >= 0.6 is 27.7 Å². The van der Waals surface area contributed by atoms with Crippen molar-refractivity contribution >= 4 is 50.7 Å². The first kappa shape index (κ1) is 29.2. The molecule has 208 valence electrons. The van der Waals surface area contributed by atoms with Crippen LogP contribution in [-0.2, 0) is 22.8 Å². The average Bonchev–Trinajstić information content (AvgIpc) is 3.26. The molecule has 0 bridgehead atoms. The summed E-state index contributed by atoms with van der Waals surface area (Å²) in [4.78, 5) is 27.9. The lowest BCUT2D eigenvalue weighted by atomic mass is 10.1. The maximum atomic E-state index is 12.3. The minimum atomic E-state index is -0.413. The van der Waals surface area contributed by atoms with Gasteiger partial charge in [-0.25, -0.2) is 0 Å². The van der Waals surface area contributed by atoms with Crippen molar-refractivity contribution in [1.29, 1.82) is 0 Å². The number of hydrogen-bond donors (Lipinski definition) is 1.